The molecule has 0 saturated heterocycles. The van der Waals surface area contributed by atoms with Gasteiger partial charge in [-0.15, -0.1) is 5.10 Å². The fourth-order valence-electron chi connectivity index (χ4n) is 2.54. The number of tetrazole rings is 1. The van der Waals surface area contributed by atoms with Crippen LogP contribution < -0.4 is 0 Å². The summed E-state index contributed by atoms with van der Waals surface area (Å²) in [4.78, 5) is 4.48. The summed E-state index contributed by atoms with van der Waals surface area (Å²) in [5.74, 6) is 1.73. The maximum absolute atomic E-state index is 5.74. The van der Waals surface area contributed by atoms with Crippen LogP contribution in [0.2, 0.25) is 0 Å². The number of para-hydroxylation sites is 2. The first-order valence-corrected chi connectivity index (χ1v) is 9.05. The van der Waals surface area contributed by atoms with Crippen molar-refractivity contribution in [1.29, 1.82) is 0 Å². The van der Waals surface area contributed by atoms with Gasteiger partial charge >= 0.3 is 0 Å². The van der Waals surface area contributed by atoms with E-state index in [0.29, 0.717) is 22.7 Å². The van der Waals surface area contributed by atoms with Gasteiger partial charge in [-0.05, 0) is 46.2 Å². The van der Waals surface area contributed by atoms with E-state index in [1.807, 2.05) is 36.4 Å². The summed E-state index contributed by atoms with van der Waals surface area (Å²) in [5, 5.41) is 12.7. The summed E-state index contributed by atoms with van der Waals surface area (Å²) in [6, 6.07) is 16.0. The third-order valence-electron chi connectivity index (χ3n) is 3.91. The number of hydrogen-bond donors (Lipinski definition) is 0. The van der Waals surface area contributed by atoms with Crippen molar-refractivity contribution < 1.29 is 4.42 Å². The molecule has 0 aliphatic rings. The van der Waals surface area contributed by atoms with Gasteiger partial charge in [-0.1, -0.05) is 49.9 Å². The highest BCUT2D eigenvalue weighted by Gasteiger charge is 2.12. The Labute approximate surface area is 149 Å². The minimum Gasteiger partial charge on any atom is -0.440 e. The summed E-state index contributed by atoms with van der Waals surface area (Å²) < 4.78 is 7.48. The van der Waals surface area contributed by atoms with Crippen molar-refractivity contribution in [3.8, 4) is 5.69 Å². The van der Waals surface area contributed by atoms with Gasteiger partial charge in [0.15, 0.2) is 5.58 Å². The minimum atomic E-state index is 0.496. The second kappa shape index (κ2) is 6.68. The number of rotatable bonds is 5. The smallest absolute Gasteiger partial charge is 0.214 e. The van der Waals surface area contributed by atoms with Crippen LogP contribution in [0.15, 0.2) is 58.1 Å². The predicted molar refractivity (Wildman–Crippen MR) is 96.8 cm³/mol. The molecule has 0 N–H and O–H groups in total. The average Bonchev–Trinajstić information content (AvgIpc) is 3.26. The topological polar surface area (TPSA) is 69.6 Å². The lowest BCUT2D eigenvalue weighted by Crippen LogP contribution is -2.00. The molecule has 0 fully saturated rings. The Kier molecular flexibility index (Phi) is 4.23. The van der Waals surface area contributed by atoms with Crippen LogP contribution in [0.1, 0.15) is 31.2 Å². The Hall–Kier alpha value is -2.67. The standard InChI is InChI=1S/C18H17N5OS/c1-12(2)13-7-9-14(10-8-13)23-18(20-21-22-23)25-11-17-19-15-5-3-4-6-16(15)24-17/h3-10,12H,11H2,1-2H3. The lowest BCUT2D eigenvalue weighted by Gasteiger charge is -2.07. The number of nitrogens with zero attached hydrogens (tertiary/aromatic N) is 5. The number of thioether (sulfide) groups is 1. The number of hydrogen-bond acceptors (Lipinski definition) is 6. The van der Waals surface area contributed by atoms with Crippen molar-refractivity contribution in [3.05, 3.63) is 60.0 Å². The van der Waals surface area contributed by atoms with Gasteiger partial charge in [-0.3, -0.25) is 0 Å². The zero-order valence-electron chi connectivity index (χ0n) is 14.0. The van der Waals surface area contributed by atoms with Gasteiger partial charge in [0.1, 0.15) is 5.52 Å². The molecule has 0 unspecified atom stereocenters. The number of aromatic nitrogens is 5. The van der Waals surface area contributed by atoms with E-state index in [1.165, 1.54) is 17.3 Å². The summed E-state index contributed by atoms with van der Waals surface area (Å²) in [7, 11) is 0. The van der Waals surface area contributed by atoms with E-state index >= 15 is 0 Å². The van der Waals surface area contributed by atoms with Crippen LogP contribution in [0.3, 0.4) is 0 Å². The normalized spacial score (nSPS) is 11.5. The van der Waals surface area contributed by atoms with Crippen molar-refractivity contribution >= 4 is 22.9 Å². The van der Waals surface area contributed by atoms with Gasteiger partial charge in [0.05, 0.1) is 11.4 Å². The molecule has 0 aliphatic carbocycles. The van der Waals surface area contributed by atoms with E-state index in [1.54, 1.807) is 4.68 Å². The van der Waals surface area contributed by atoms with Crippen molar-refractivity contribution in [3.63, 3.8) is 0 Å². The quantitative estimate of drug-likeness (QED) is 0.501. The summed E-state index contributed by atoms with van der Waals surface area (Å²) >= 11 is 1.50. The molecule has 2 aromatic heterocycles. The third-order valence-corrected chi connectivity index (χ3v) is 4.81. The summed E-state index contributed by atoms with van der Waals surface area (Å²) in [6.45, 7) is 4.35. The Morgan fingerprint density at radius 2 is 1.88 bits per heavy atom. The molecule has 2 aromatic carbocycles. The van der Waals surface area contributed by atoms with Gasteiger partial charge in [-0.25, -0.2) is 4.98 Å². The van der Waals surface area contributed by atoms with Crippen molar-refractivity contribution in [1.82, 2.24) is 25.2 Å². The first kappa shape index (κ1) is 15.8. The van der Waals surface area contributed by atoms with Crippen LogP contribution in [0.4, 0.5) is 0 Å². The van der Waals surface area contributed by atoms with Crippen LogP contribution in [-0.4, -0.2) is 25.2 Å². The zero-order chi connectivity index (χ0) is 17.2. The summed E-state index contributed by atoms with van der Waals surface area (Å²) in [6.07, 6.45) is 0. The second-order valence-corrected chi connectivity index (χ2v) is 6.93. The Morgan fingerprint density at radius 3 is 2.64 bits per heavy atom. The Balaban J connectivity index is 1.53. The molecule has 2 heterocycles. The monoisotopic (exact) mass is 351 g/mol. The molecule has 6 nitrogen and oxygen atoms in total. The number of oxazole rings is 1. The van der Waals surface area contributed by atoms with E-state index < -0.39 is 0 Å². The van der Waals surface area contributed by atoms with Gasteiger partial charge in [0.2, 0.25) is 11.0 Å². The van der Waals surface area contributed by atoms with Gasteiger partial charge in [0.25, 0.3) is 0 Å². The van der Waals surface area contributed by atoms with Crippen LogP contribution in [-0.2, 0) is 5.75 Å². The van der Waals surface area contributed by atoms with E-state index in [2.05, 4.69) is 46.5 Å². The number of fused-ring (bicyclic) bond motifs is 1. The van der Waals surface area contributed by atoms with Gasteiger partial charge in [-0.2, -0.15) is 4.68 Å². The van der Waals surface area contributed by atoms with Gasteiger partial charge in [0, 0.05) is 0 Å². The molecular formula is C18H17N5OS. The first-order chi connectivity index (χ1) is 12.2. The summed E-state index contributed by atoms with van der Waals surface area (Å²) in [5.41, 5.74) is 3.89. The maximum atomic E-state index is 5.74. The van der Waals surface area contributed by atoms with Crippen LogP contribution in [0, 0.1) is 0 Å². The van der Waals surface area contributed by atoms with E-state index in [9.17, 15) is 0 Å². The molecule has 0 aliphatic heterocycles. The first-order valence-electron chi connectivity index (χ1n) is 8.06. The molecule has 4 aromatic rings. The highest BCUT2D eigenvalue weighted by atomic mass is 32.2. The van der Waals surface area contributed by atoms with E-state index in [-0.39, 0.29) is 0 Å². The molecular weight excluding hydrogens is 334 g/mol. The Bertz CT molecular complexity index is 957. The SMILES string of the molecule is CC(C)c1ccc(-n2nnnc2SCc2nc3ccccc3o2)cc1. The molecule has 0 bridgehead atoms. The predicted octanol–water partition coefficient (Wildman–Crippen LogP) is 4.22. The van der Waals surface area contributed by atoms with E-state index in [0.717, 1.165) is 16.8 Å². The fraction of sp³-hybridized carbons (Fsp3) is 0.222. The lowest BCUT2D eigenvalue weighted by molar-refractivity contribution is 0.556. The molecule has 25 heavy (non-hydrogen) atoms. The van der Waals surface area contributed by atoms with E-state index in [4.69, 9.17) is 4.42 Å². The van der Waals surface area contributed by atoms with Crippen LogP contribution in [0.5, 0.6) is 0 Å². The molecule has 126 valence electrons. The Morgan fingerprint density at radius 1 is 1.08 bits per heavy atom. The van der Waals surface area contributed by atoms with Gasteiger partial charge < -0.3 is 4.42 Å². The average molecular weight is 351 g/mol. The molecule has 4 rings (SSSR count). The fourth-order valence-corrected chi connectivity index (χ4v) is 3.27. The lowest BCUT2D eigenvalue weighted by atomic mass is 10.0. The third kappa shape index (κ3) is 3.28. The molecule has 0 spiro atoms. The van der Waals surface area contributed by atoms with Crippen molar-refractivity contribution in [2.24, 2.45) is 0 Å². The zero-order valence-corrected chi connectivity index (χ0v) is 14.8. The second-order valence-electron chi connectivity index (χ2n) is 5.98. The molecule has 0 saturated carbocycles. The number of benzene rings is 2. The molecule has 0 amide bonds. The van der Waals surface area contributed by atoms with Crippen LogP contribution in [0.25, 0.3) is 16.8 Å². The van der Waals surface area contributed by atoms with Crippen molar-refractivity contribution in [2.75, 3.05) is 0 Å². The molecule has 0 radical (unpaired) electrons. The minimum absolute atomic E-state index is 0.496. The van der Waals surface area contributed by atoms with Crippen molar-refractivity contribution in [2.45, 2.75) is 30.7 Å². The highest BCUT2D eigenvalue weighted by molar-refractivity contribution is 7.98. The highest BCUT2D eigenvalue weighted by Crippen LogP contribution is 2.25. The molecule has 0 atom stereocenters. The maximum Gasteiger partial charge on any atom is 0.214 e. The largest absolute Gasteiger partial charge is 0.440 e. The molecule has 7 heteroatoms. The van der Waals surface area contributed by atoms with Crippen LogP contribution >= 0.6 is 11.8 Å².